The number of halogens is 1. The number of anilines is 1. The highest BCUT2D eigenvalue weighted by Gasteiger charge is 2.25. The van der Waals surface area contributed by atoms with Crippen LogP contribution in [0.4, 0.5) is 5.69 Å². The molecule has 1 aromatic rings. The largest absolute Gasteiger partial charge is 0.399 e. The van der Waals surface area contributed by atoms with Crippen molar-refractivity contribution in [2.45, 2.75) is 25.3 Å². The molecular weight excluding hydrogens is 196 g/mol. The first kappa shape index (κ1) is 9.81. The van der Waals surface area contributed by atoms with E-state index in [1.807, 2.05) is 12.1 Å². The van der Waals surface area contributed by atoms with E-state index in [-0.39, 0.29) is 6.04 Å². The van der Waals surface area contributed by atoms with Crippen LogP contribution in [0.1, 0.15) is 30.9 Å². The lowest BCUT2D eigenvalue weighted by atomic mass is 10.0. The van der Waals surface area contributed by atoms with E-state index in [2.05, 4.69) is 0 Å². The van der Waals surface area contributed by atoms with Gasteiger partial charge in [-0.15, -0.1) is 0 Å². The molecular formula is C11H15ClN2. The third kappa shape index (κ3) is 2.20. The van der Waals surface area contributed by atoms with Crippen LogP contribution >= 0.6 is 11.6 Å². The van der Waals surface area contributed by atoms with Crippen LogP contribution in [-0.4, -0.2) is 0 Å². The van der Waals surface area contributed by atoms with Crippen LogP contribution in [0.5, 0.6) is 0 Å². The van der Waals surface area contributed by atoms with E-state index in [1.165, 1.54) is 12.8 Å². The Hall–Kier alpha value is -0.730. The fourth-order valence-corrected chi connectivity index (χ4v) is 2.01. The first-order chi connectivity index (χ1) is 6.66. The minimum Gasteiger partial charge on any atom is -0.399 e. The number of nitrogens with two attached hydrogens (primary N) is 2. The molecule has 0 aliphatic heterocycles. The zero-order valence-electron chi connectivity index (χ0n) is 8.04. The summed E-state index contributed by atoms with van der Waals surface area (Å²) in [6, 6.07) is 5.62. The van der Waals surface area contributed by atoms with Gasteiger partial charge in [-0.05, 0) is 30.0 Å². The van der Waals surface area contributed by atoms with Crippen LogP contribution in [0.3, 0.4) is 0 Å². The SMILES string of the molecule is Nc1ccc([C@@H](N)CC2CC2)c(Cl)c1. The van der Waals surface area contributed by atoms with Gasteiger partial charge in [0.05, 0.1) is 0 Å². The summed E-state index contributed by atoms with van der Waals surface area (Å²) in [7, 11) is 0. The van der Waals surface area contributed by atoms with Crippen molar-refractivity contribution in [1.82, 2.24) is 0 Å². The molecule has 1 aliphatic rings. The molecule has 0 saturated heterocycles. The van der Waals surface area contributed by atoms with Crippen LogP contribution in [0, 0.1) is 5.92 Å². The molecule has 0 spiro atoms. The maximum absolute atomic E-state index is 6.07. The lowest BCUT2D eigenvalue weighted by Gasteiger charge is -2.13. The van der Waals surface area contributed by atoms with Gasteiger partial charge in [-0.1, -0.05) is 30.5 Å². The van der Waals surface area contributed by atoms with E-state index >= 15 is 0 Å². The Labute approximate surface area is 89.2 Å². The van der Waals surface area contributed by atoms with Gasteiger partial charge in [-0.2, -0.15) is 0 Å². The molecule has 0 bridgehead atoms. The molecule has 1 aliphatic carbocycles. The number of rotatable bonds is 3. The molecule has 14 heavy (non-hydrogen) atoms. The molecule has 0 amide bonds. The fraction of sp³-hybridized carbons (Fsp3) is 0.455. The van der Waals surface area contributed by atoms with Crippen molar-refractivity contribution in [2.24, 2.45) is 11.7 Å². The summed E-state index contributed by atoms with van der Waals surface area (Å²) in [6.45, 7) is 0. The van der Waals surface area contributed by atoms with E-state index in [0.29, 0.717) is 10.7 Å². The highest BCUT2D eigenvalue weighted by Crippen LogP contribution is 2.38. The standard InChI is InChI=1S/C11H15ClN2/c12-10-6-8(13)3-4-9(10)11(14)5-7-1-2-7/h3-4,6-7,11H,1-2,5,13-14H2/t11-/m0/s1. The minimum absolute atomic E-state index is 0.0654. The Morgan fingerprint density at radius 2 is 2.14 bits per heavy atom. The Kier molecular flexibility index (Phi) is 2.66. The van der Waals surface area contributed by atoms with Gasteiger partial charge in [0.15, 0.2) is 0 Å². The highest BCUT2D eigenvalue weighted by molar-refractivity contribution is 6.31. The van der Waals surface area contributed by atoms with Crippen molar-refractivity contribution in [2.75, 3.05) is 5.73 Å². The predicted molar refractivity (Wildman–Crippen MR) is 60.1 cm³/mol. The third-order valence-corrected chi connectivity index (χ3v) is 3.04. The highest BCUT2D eigenvalue weighted by atomic mass is 35.5. The number of hydrogen-bond donors (Lipinski definition) is 2. The van der Waals surface area contributed by atoms with Gasteiger partial charge in [0.2, 0.25) is 0 Å². The van der Waals surface area contributed by atoms with Gasteiger partial charge in [0, 0.05) is 16.8 Å². The number of nitrogen functional groups attached to an aromatic ring is 1. The van der Waals surface area contributed by atoms with Crippen molar-refractivity contribution in [3.8, 4) is 0 Å². The molecule has 0 radical (unpaired) electrons. The molecule has 4 N–H and O–H groups in total. The van der Waals surface area contributed by atoms with E-state index < -0.39 is 0 Å². The summed E-state index contributed by atoms with van der Waals surface area (Å²) in [5, 5.41) is 0.693. The monoisotopic (exact) mass is 210 g/mol. The summed E-state index contributed by atoms with van der Waals surface area (Å²) in [4.78, 5) is 0. The molecule has 3 heteroatoms. The zero-order chi connectivity index (χ0) is 10.1. The lowest BCUT2D eigenvalue weighted by Crippen LogP contribution is -2.11. The first-order valence-electron chi connectivity index (χ1n) is 4.97. The quantitative estimate of drug-likeness (QED) is 0.754. The fourth-order valence-electron chi connectivity index (χ4n) is 1.68. The maximum atomic E-state index is 6.07. The summed E-state index contributed by atoms with van der Waals surface area (Å²) in [5.74, 6) is 0.818. The van der Waals surface area contributed by atoms with Crippen molar-refractivity contribution in [1.29, 1.82) is 0 Å². The predicted octanol–water partition coefficient (Wildman–Crippen LogP) is 2.72. The average Bonchev–Trinajstić information content (AvgIpc) is 2.87. The van der Waals surface area contributed by atoms with Crippen LogP contribution < -0.4 is 11.5 Å². The van der Waals surface area contributed by atoms with Crippen LogP contribution in [-0.2, 0) is 0 Å². The number of benzene rings is 1. The second kappa shape index (κ2) is 3.79. The summed E-state index contributed by atoms with van der Waals surface area (Å²) in [6.07, 6.45) is 3.68. The van der Waals surface area contributed by atoms with Crippen LogP contribution in [0.15, 0.2) is 18.2 Å². The molecule has 0 aromatic heterocycles. The third-order valence-electron chi connectivity index (χ3n) is 2.71. The molecule has 76 valence electrons. The van der Waals surface area contributed by atoms with Crippen molar-refractivity contribution in [3.05, 3.63) is 28.8 Å². The first-order valence-corrected chi connectivity index (χ1v) is 5.35. The zero-order valence-corrected chi connectivity index (χ0v) is 8.80. The molecule has 1 aromatic carbocycles. The van der Waals surface area contributed by atoms with Crippen LogP contribution in [0.2, 0.25) is 5.02 Å². The molecule has 2 rings (SSSR count). The van der Waals surface area contributed by atoms with E-state index in [0.717, 1.165) is 17.9 Å². The average molecular weight is 211 g/mol. The van der Waals surface area contributed by atoms with E-state index in [4.69, 9.17) is 23.1 Å². The van der Waals surface area contributed by atoms with Gasteiger partial charge in [0.1, 0.15) is 0 Å². The molecule has 1 atom stereocenters. The molecule has 1 fully saturated rings. The maximum Gasteiger partial charge on any atom is 0.0474 e. The van der Waals surface area contributed by atoms with Gasteiger partial charge in [0.25, 0.3) is 0 Å². The van der Waals surface area contributed by atoms with Crippen molar-refractivity contribution >= 4 is 17.3 Å². The van der Waals surface area contributed by atoms with Crippen LogP contribution in [0.25, 0.3) is 0 Å². The van der Waals surface area contributed by atoms with Gasteiger partial charge >= 0.3 is 0 Å². The van der Waals surface area contributed by atoms with Gasteiger partial charge < -0.3 is 11.5 Å². The smallest absolute Gasteiger partial charge is 0.0474 e. The number of hydrogen-bond acceptors (Lipinski definition) is 2. The Balaban J connectivity index is 2.13. The summed E-state index contributed by atoms with van der Waals surface area (Å²) in [5.41, 5.74) is 13.4. The second-order valence-corrected chi connectivity index (χ2v) is 4.47. The Bertz CT molecular complexity index is 334. The van der Waals surface area contributed by atoms with Gasteiger partial charge in [-0.3, -0.25) is 0 Å². The molecule has 1 saturated carbocycles. The summed E-state index contributed by atoms with van der Waals surface area (Å²) < 4.78 is 0. The van der Waals surface area contributed by atoms with Crippen molar-refractivity contribution < 1.29 is 0 Å². The van der Waals surface area contributed by atoms with Gasteiger partial charge in [-0.25, -0.2) is 0 Å². The molecule has 2 nitrogen and oxygen atoms in total. The lowest BCUT2D eigenvalue weighted by molar-refractivity contribution is 0.597. The second-order valence-electron chi connectivity index (χ2n) is 4.07. The summed E-state index contributed by atoms with van der Waals surface area (Å²) >= 11 is 6.07. The van der Waals surface area contributed by atoms with E-state index in [1.54, 1.807) is 6.07 Å². The Morgan fingerprint density at radius 1 is 1.43 bits per heavy atom. The Morgan fingerprint density at radius 3 is 2.71 bits per heavy atom. The minimum atomic E-state index is 0.0654. The van der Waals surface area contributed by atoms with E-state index in [9.17, 15) is 0 Å². The topological polar surface area (TPSA) is 52.0 Å². The molecule has 0 unspecified atom stereocenters. The molecule has 0 heterocycles. The normalized spacial score (nSPS) is 18.1. The van der Waals surface area contributed by atoms with Crippen molar-refractivity contribution in [3.63, 3.8) is 0 Å².